The van der Waals surface area contributed by atoms with Crippen molar-refractivity contribution in [3.63, 3.8) is 0 Å². The first-order valence-corrected chi connectivity index (χ1v) is 14.3. The second kappa shape index (κ2) is 7.55. The Kier molecular flexibility index (Phi) is 5.63. The Bertz CT molecular complexity index is 892. The van der Waals surface area contributed by atoms with Crippen LogP contribution in [0.3, 0.4) is 0 Å². The van der Waals surface area contributed by atoms with Gasteiger partial charge in [-0.15, -0.1) is 0 Å². The van der Waals surface area contributed by atoms with Crippen molar-refractivity contribution in [1.29, 1.82) is 0 Å². The predicted molar refractivity (Wildman–Crippen MR) is 135 cm³/mol. The fourth-order valence-corrected chi connectivity index (χ4v) is 11.4. The molecular formula is C30H50O5. The highest BCUT2D eigenvalue weighted by atomic mass is 16.4. The first-order chi connectivity index (χ1) is 16.0. The van der Waals surface area contributed by atoms with E-state index in [0.717, 1.165) is 38.5 Å². The molecule has 5 aliphatic carbocycles. The van der Waals surface area contributed by atoms with E-state index in [4.69, 9.17) is 0 Å². The summed E-state index contributed by atoms with van der Waals surface area (Å²) in [7, 11) is 0. The molecule has 4 N–H and O–H groups in total. The Morgan fingerprint density at radius 1 is 0.971 bits per heavy atom. The third-order valence-electron chi connectivity index (χ3n) is 13.2. The van der Waals surface area contributed by atoms with E-state index in [9.17, 15) is 25.2 Å². The van der Waals surface area contributed by atoms with E-state index in [0.29, 0.717) is 34.9 Å². The number of aliphatic hydroxyl groups excluding tert-OH is 3. The zero-order chi connectivity index (χ0) is 26.0. The molecule has 0 aromatic rings. The third kappa shape index (κ3) is 3.17. The lowest BCUT2D eigenvalue weighted by atomic mass is 9.42. The predicted octanol–water partition coefficient (Wildman–Crippen LogP) is 4.48. The van der Waals surface area contributed by atoms with Gasteiger partial charge in [-0.3, -0.25) is 4.79 Å². The first-order valence-electron chi connectivity index (χ1n) is 14.3. The number of rotatable bonds is 5. The average Bonchev–Trinajstić information content (AvgIpc) is 3.35. The maximum Gasteiger partial charge on any atom is 0.138 e. The van der Waals surface area contributed by atoms with E-state index in [1.165, 1.54) is 26.7 Å². The highest BCUT2D eigenvalue weighted by Gasteiger charge is 2.82. The average molecular weight is 491 g/mol. The van der Waals surface area contributed by atoms with Gasteiger partial charge in [0, 0.05) is 11.8 Å². The molecule has 5 saturated carbocycles. The van der Waals surface area contributed by atoms with Crippen molar-refractivity contribution in [2.24, 2.45) is 50.7 Å². The maximum absolute atomic E-state index is 12.9. The van der Waals surface area contributed by atoms with Crippen molar-refractivity contribution in [2.45, 2.75) is 130 Å². The van der Waals surface area contributed by atoms with Gasteiger partial charge in [0.2, 0.25) is 0 Å². The summed E-state index contributed by atoms with van der Waals surface area (Å²) in [6.07, 6.45) is 6.14. The van der Waals surface area contributed by atoms with E-state index in [1.807, 2.05) is 0 Å². The van der Waals surface area contributed by atoms with Crippen LogP contribution in [-0.4, -0.2) is 50.1 Å². The standard InChI is InChI=1S/C30H50O5/c1-17(14-18(31)24(34)26(4,5)35)23-19(32)15-28(7)21-9-8-20-25(2,3)22(33)10-11-29(20)16-30(21,29)13-12-27(23,28)6/h17-21,23-24,31-32,34-35H,8-16H2,1-7H3/t17-,18+,19+,20+,21+,23+,24+,27-,28+,29-,30+/m1/s1. The van der Waals surface area contributed by atoms with Crippen LogP contribution in [0, 0.1) is 50.7 Å². The second-order valence-electron chi connectivity index (χ2n) is 15.3. The molecule has 0 aromatic carbocycles. The molecule has 5 heteroatoms. The van der Waals surface area contributed by atoms with Gasteiger partial charge in [-0.25, -0.2) is 0 Å². The Balaban J connectivity index is 1.42. The fourth-order valence-electron chi connectivity index (χ4n) is 11.4. The monoisotopic (exact) mass is 490 g/mol. The van der Waals surface area contributed by atoms with E-state index < -0.39 is 23.9 Å². The Labute approximate surface area is 212 Å². The lowest BCUT2D eigenvalue weighted by Gasteiger charge is -2.62. The quantitative estimate of drug-likeness (QED) is 0.455. The van der Waals surface area contributed by atoms with Crippen LogP contribution in [0.4, 0.5) is 0 Å². The zero-order valence-corrected chi connectivity index (χ0v) is 23.1. The molecular weight excluding hydrogens is 440 g/mol. The van der Waals surface area contributed by atoms with Crippen molar-refractivity contribution in [3.05, 3.63) is 0 Å². The van der Waals surface area contributed by atoms with Crippen LogP contribution < -0.4 is 0 Å². The van der Waals surface area contributed by atoms with Gasteiger partial charge in [-0.05, 0) is 111 Å². The van der Waals surface area contributed by atoms with Gasteiger partial charge < -0.3 is 20.4 Å². The lowest BCUT2D eigenvalue weighted by molar-refractivity contribution is -0.158. The number of aliphatic hydroxyl groups is 4. The molecule has 0 bridgehead atoms. The van der Waals surface area contributed by atoms with Crippen LogP contribution in [0.25, 0.3) is 0 Å². The largest absolute Gasteiger partial charge is 0.393 e. The maximum atomic E-state index is 12.9. The van der Waals surface area contributed by atoms with Crippen molar-refractivity contribution >= 4 is 5.78 Å². The molecule has 0 radical (unpaired) electrons. The molecule has 0 aromatic heterocycles. The van der Waals surface area contributed by atoms with Gasteiger partial charge >= 0.3 is 0 Å². The minimum Gasteiger partial charge on any atom is -0.393 e. The summed E-state index contributed by atoms with van der Waals surface area (Å²) in [4.78, 5) is 12.9. The summed E-state index contributed by atoms with van der Waals surface area (Å²) < 4.78 is 0. The Morgan fingerprint density at radius 2 is 1.57 bits per heavy atom. The van der Waals surface area contributed by atoms with Gasteiger partial charge in [0.1, 0.15) is 11.9 Å². The molecule has 0 unspecified atom stereocenters. The summed E-state index contributed by atoms with van der Waals surface area (Å²) in [5, 5.41) is 42.9. The number of carbonyl (C=O) groups excluding carboxylic acids is 1. The molecule has 0 saturated heterocycles. The molecule has 35 heavy (non-hydrogen) atoms. The number of hydrogen-bond donors (Lipinski definition) is 4. The van der Waals surface area contributed by atoms with E-state index >= 15 is 0 Å². The van der Waals surface area contributed by atoms with Gasteiger partial charge in [0.25, 0.3) is 0 Å². The van der Waals surface area contributed by atoms with Crippen molar-refractivity contribution in [2.75, 3.05) is 0 Å². The highest BCUT2D eigenvalue weighted by molar-refractivity contribution is 5.86. The molecule has 5 fully saturated rings. The van der Waals surface area contributed by atoms with Crippen LogP contribution in [0.2, 0.25) is 0 Å². The Morgan fingerprint density at radius 3 is 2.20 bits per heavy atom. The van der Waals surface area contributed by atoms with Crippen molar-refractivity contribution in [3.8, 4) is 0 Å². The van der Waals surface area contributed by atoms with Crippen molar-refractivity contribution < 1.29 is 25.2 Å². The van der Waals surface area contributed by atoms with Crippen LogP contribution in [0.1, 0.15) is 106 Å². The second-order valence-corrected chi connectivity index (χ2v) is 15.3. The molecule has 5 aliphatic rings. The fraction of sp³-hybridized carbons (Fsp3) is 0.967. The molecule has 0 amide bonds. The topological polar surface area (TPSA) is 98.0 Å². The molecule has 0 aliphatic heterocycles. The number of Topliss-reactive ketones (excluding diaryl/α,β-unsaturated/α-hetero) is 1. The van der Waals surface area contributed by atoms with E-state index in [-0.39, 0.29) is 28.1 Å². The minimum atomic E-state index is -1.36. The number of fused-ring (bicyclic) bond motifs is 2. The smallest absolute Gasteiger partial charge is 0.138 e. The molecule has 11 atom stereocenters. The van der Waals surface area contributed by atoms with Gasteiger partial charge in [-0.2, -0.15) is 0 Å². The lowest BCUT2D eigenvalue weighted by Crippen LogP contribution is -2.57. The summed E-state index contributed by atoms with van der Waals surface area (Å²) in [6, 6.07) is 0. The SMILES string of the molecule is C[C@H](C[C@H](O)[C@H](O)C(C)(C)O)[C@H]1[C@@H](O)C[C@@]2(C)[C@@H]3CC[C@H]4C(C)(C)C(=O)CC[C@@]45C[C@@]35CC[C@]12C. The van der Waals surface area contributed by atoms with Gasteiger partial charge in [0.15, 0.2) is 0 Å². The number of ketones is 1. The van der Waals surface area contributed by atoms with Gasteiger partial charge in [0.05, 0.1) is 17.8 Å². The summed E-state index contributed by atoms with van der Waals surface area (Å²) in [5.41, 5.74) is -0.924. The molecule has 200 valence electrons. The molecule has 5 rings (SSSR count). The highest BCUT2D eigenvalue weighted by Crippen LogP contribution is 2.88. The van der Waals surface area contributed by atoms with E-state index in [1.54, 1.807) is 0 Å². The zero-order valence-electron chi connectivity index (χ0n) is 23.1. The first kappa shape index (κ1) is 26.1. The normalized spacial score (nSPS) is 50.9. The molecule has 2 spiro atoms. The summed E-state index contributed by atoms with van der Waals surface area (Å²) in [6.45, 7) is 14.4. The van der Waals surface area contributed by atoms with Crippen LogP contribution in [0.5, 0.6) is 0 Å². The number of carbonyl (C=O) groups is 1. The van der Waals surface area contributed by atoms with Crippen LogP contribution in [-0.2, 0) is 4.79 Å². The molecule has 0 heterocycles. The van der Waals surface area contributed by atoms with Crippen molar-refractivity contribution in [1.82, 2.24) is 0 Å². The Hall–Kier alpha value is -0.490. The van der Waals surface area contributed by atoms with Gasteiger partial charge in [-0.1, -0.05) is 34.6 Å². The van der Waals surface area contributed by atoms with E-state index in [2.05, 4.69) is 34.6 Å². The summed E-state index contributed by atoms with van der Waals surface area (Å²) in [5.74, 6) is 1.63. The molecule has 5 nitrogen and oxygen atoms in total. The van der Waals surface area contributed by atoms with Crippen LogP contribution >= 0.6 is 0 Å². The van der Waals surface area contributed by atoms with Crippen LogP contribution in [0.15, 0.2) is 0 Å². The minimum absolute atomic E-state index is 0.0300. The number of hydrogen-bond acceptors (Lipinski definition) is 5. The third-order valence-corrected chi connectivity index (χ3v) is 13.2. The summed E-state index contributed by atoms with van der Waals surface area (Å²) >= 11 is 0.